The molecule has 0 radical (unpaired) electrons. The SMILES string of the molecule is CC(C)(NC(=O)CN1CCC(N)CC1)C(C)(C)C(=O)O. The lowest BCUT2D eigenvalue weighted by atomic mass is 9.74. The molecule has 4 N–H and O–H groups in total. The van der Waals surface area contributed by atoms with Crippen LogP contribution in [-0.2, 0) is 9.59 Å². The van der Waals surface area contributed by atoms with Crippen LogP contribution in [0.5, 0.6) is 0 Å². The summed E-state index contributed by atoms with van der Waals surface area (Å²) in [6.45, 7) is 8.65. The molecule has 6 heteroatoms. The van der Waals surface area contributed by atoms with Gasteiger partial charge in [-0.2, -0.15) is 0 Å². The number of nitrogens with zero attached hydrogens (tertiary/aromatic N) is 1. The quantitative estimate of drug-likeness (QED) is 0.680. The van der Waals surface area contributed by atoms with Crippen LogP contribution in [0.3, 0.4) is 0 Å². The molecular formula is C14H27N3O3. The molecule has 0 spiro atoms. The first-order valence-corrected chi connectivity index (χ1v) is 7.08. The molecule has 0 bridgehead atoms. The molecule has 1 fully saturated rings. The van der Waals surface area contributed by atoms with Gasteiger partial charge in [0.25, 0.3) is 0 Å². The lowest BCUT2D eigenvalue weighted by Gasteiger charge is -2.39. The van der Waals surface area contributed by atoms with Crippen LogP contribution < -0.4 is 11.1 Å². The molecule has 1 amide bonds. The Labute approximate surface area is 120 Å². The number of nitrogens with two attached hydrogens (primary N) is 1. The molecule has 1 heterocycles. The standard InChI is InChI=1S/C14H27N3O3/c1-13(2,12(19)20)14(3,4)16-11(18)9-17-7-5-10(15)6-8-17/h10H,5-9,15H2,1-4H3,(H,16,18)(H,19,20). The molecule has 0 aliphatic carbocycles. The van der Waals surface area contributed by atoms with Gasteiger partial charge in [0.1, 0.15) is 0 Å². The van der Waals surface area contributed by atoms with Crippen LogP contribution in [0.1, 0.15) is 40.5 Å². The number of piperidine rings is 1. The maximum atomic E-state index is 12.1. The first-order valence-electron chi connectivity index (χ1n) is 7.08. The summed E-state index contributed by atoms with van der Waals surface area (Å²) in [6.07, 6.45) is 1.80. The van der Waals surface area contributed by atoms with Crippen LogP contribution in [-0.4, -0.2) is 53.1 Å². The third-order valence-corrected chi connectivity index (χ3v) is 4.55. The summed E-state index contributed by atoms with van der Waals surface area (Å²) < 4.78 is 0. The minimum Gasteiger partial charge on any atom is -0.481 e. The molecule has 1 aliphatic rings. The number of nitrogens with one attached hydrogen (secondary N) is 1. The molecule has 0 saturated carbocycles. The van der Waals surface area contributed by atoms with Crippen molar-refractivity contribution < 1.29 is 14.7 Å². The average molecular weight is 285 g/mol. The maximum Gasteiger partial charge on any atom is 0.311 e. The number of carboxylic acids is 1. The Balaban J connectivity index is 2.55. The largest absolute Gasteiger partial charge is 0.481 e. The molecule has 0 aromatic heterocycles. The molecule has 0 atom stereocenters. The summed E-state index contributed by atoms with van der Waals surface area (Å²) in [7, 11) is 0. The van der Waals surface area contributed by atoms with Crippen LogP contribution in [0.2, 0.25) is 0 Å². The summed E-state index contributed by atoms with van der Waals surface area (Å²) in [6, 6.07) is 0.233. The molecular weight excluding hydrogens is 258 g/mol. The fourth-order valence-corrected chi connectivity index (χ4v) is 2.13. The van der Waals surface area contributed by atoms with Gasteiger partial charge in [-0.3, -0.25) is 14.5 Å². The predicted octanol–water partition coefficient (Wildman–Crippen LogP) is 0.415. The van der Waals surface area contributed by atoms with Crippen LogP contribution in [0, 0.1) is 5.41 Å². The minimum atomic E-state index is -1.03. The molecule has 0 aromatic carbocycles. The number of amides is 1. The van der Waals surface area contributed by atoms with E-state index in [9.17, 15) is 14.7 Å². The highest BCUT2D eigenvalue weighted by Gasteiger charge is 2.44. The van der Waals surface area contributed by atoms with Gasteiger partial charge in [-0.1, -0.05) is 0 Å². The third kappa shape index (κ3) is 3.93. The molecule has 1 aliphatic heterocycles. The lowest BCUT2D eigenvalue weighted by molar-refractivity contribution is -0.151. The van der Waals surface area contributed by atoms with E-state index in [1.807, 2.05) is 0 Å². The highest BCUT2D eigenvalue weighted by Crippen LogP contribution is 2.30. The van der Waals surface area contributed by atoms with Crippen molar-refractivity contribution in [2.75, 3.05) is 19.6 Å². The molecule has 20 heavy (non-hydrogen) atoms. The number of carbonyl (C=O) groups is 2. The fourth-order valence-electron chi connectivity index (χ4n) is 2.13. The van der Waals surface area contributed by atoms with Gasteiger partial charge in [0, 0.05) is 19.1 Å². The number of carbonyl (C=O) groups excluding carboxylic acids is 1. The van der Waals surface area contributed by atoms with Crippen LogP contribution in [0.4, 0.5) is 0 Å². The number of carboxylic acid groups (broad SMARTS) is 1. The third-order valence-electron chi connectivity index (χ3n) is 4.55. The first-order chi connectivity index (χ1) is 9.06. The number of hydrogen-bond donors (Lipinski definition) is 3. The van der Waals surface area contributed by atoms with E-state index in [0.29, 0.717) is 6.54 Å². The van der Waals surface area contributed by atoms with Crippen LogP contribution >= 0.6 is 0 Å². The maximum absolute atomic E-state index is 12.1. The second-order valence-electron chi connectivity index (χ2n) is 6.72. The predicted molar refractivity (Wildman–Crippen MR) is 77.3 cm³/mol. The van der Waals surface area contributed by atoms with Crippen molar-refractivity contribution in [2.45, 2.75) is 52.1 Å². The zero-order valence-electron chi connectivity index (χ0n) is 12.9. The molecule has 1 rings (SSSR count). The number of likely N-dealkylation sites (tertiary alicyclic amines) is 1. The fraction of sp³-hybridized carbons (Fsp3) is 0.857. The van der Waals surface area contributed by atoms with E-state index in [4.69, 9.17) is 5.73 Å². The van der Waals surface area contributed by atoms with Gasteiger partial charge in [-0.15, -0.1) is 0 Å². The van der Waals surface area contributed by atoms with E-state index in [0.717, 1.165) is 25.9 Å². The summed E-state index contributed by atoms with van der Waals surface area (Å²) in [5.74, 6) is -1.06. The number of rotatable bonds is 5. The Kier molecular flexibility index (Phi) is 5.15. The van der Waals surface area contributed by atoms with Gasteiger partial charge in [0.05, 0.1) is 17.5 Å². The Morgan fingerprint density at radius 2 is 1.75 bits per heavy atom. The smallest absolute Gasteiger partial charge is 0.311 e. The molecule has 0 aromatic rings. The van der Waals surface area contributed by atoms with E-state index >= 15 is 0 Å². The Morgan fingerprint density at radius 3 is 2.20 bits per heavy atom. The van der Waals surface area contributed by atoms with Crippen LogP contribution in [0.25, 0.3) is 0 Å². The summed E-state index contributed by atoms with van der Waals surface area (Å²) in [5.41, 5.74) is 3.98. The van der Waals surface area contributed by atoms with Crippen LogP contribution in [0.15, 0.2) is 0 Å². The monoisotopic (exact) mass is 285 g/mol. The molecule has 1 saturated heterocycles. The van der Waals surface area contributed by atoms with E-state index in [1.54, 1.807) is 27.7 Å². The summed E-state index contributed by atoms with van der Waals surface area (Å²) >= 11 is 0. The molecule has 0 unspecified atom stereocenters. The Hall–Kier alpha value is -1.14. The number of aliphatic carboxylic acids is 1. The van der Waals surface area contributed by atoms with E-state index in [-0.39, 0.29) is 11.9 Å². The van der Waals surface area contributed by atoms with Gasteiger partial charge in [-0.05, 0) is 40.5 Å². The van der Waals surface area contributed by atoms with Gasteiger partial charge in [-0.25, -0.2) is 0 Å². The van der Waals surface area contributed by atoms with E-state index in [2.05, 4.69) is 10.2 Å². The second-order valence-corrected chi connectivity index (χ2v) is 6.72. The highest BCUT2D eigenvalue weighted by molar-refractivity contribution is 5.81. The van der Waals surface area contributed by atoms with Crippen molar-refractivity contribution in [1.29, 1.82) is 0 Å². The zero-order valence-corrected chi connectivity index (χ0v) is 12.9. The van der Waals surface area contributed by atoms with Crippen molar-refractivity contribution in [3.8, 4) is 0 Å². The zero-order chi connectivity index (χ0) is 15.6. The Morgan fingerprint density at radius 1 is 1.25 bits per heavy atom. The van der Waals surface area contributed by atoms with Gasteiger partial charge in [0.15, 0.2) is 0 Å². The normalized spacial score (nSPS) is 18.9. The second kappa shape index (κ2) is 6.10. The van der Waals surface area contributed by atoms with Gasteiger partial charge < -0.3 is 16.2 Å². The van der Waals surface area contributed by atoms with E-state index < -0.39 is 16.9 Å². The van der Waals surface area contributed by atoms with Crippen molar-refractivity contribution in [3.63, 3.8) is 0 Å². The number of hydrogen-bond acceptors (Lipinski definition) is 4. The highest BCUT2D eigenvalue weighted by atomic mass is 16.4. The van der Waals surface area contributed by atoms with Crippen molar-refractivity contribution in [2.24, 2.45) is 11.1 Å². The summed E-state index contributed by atoms with van der Waals surface area (Å²) in [5, 5.41) is 12.1. The van der Waals surface area contributed by atoms with E-state index in [1.165, 1.54) is 0 Å². The summed E-state index contributed by atoms with van der Waals surface area (Å²) in [4.78, 5) is 25.5. The van der Waals surface area contributed by atoms with Crippen molar-refractivity contribution >= 4 is 11.9 Å². The van der Waals surface area contributed by atoms with Gasteiger partial charge in [0.2, 0.25) is 5.91 Å². The molecule has 6 nitrogen and oxygen atoms in total. The topological polar surface area (TPSA) is 95.7 Å². The van der Waals surface area contributed by atoms with Crippen molar-refractivity contribution in [1.82, 2.24) is 10.2 Å². The minimum absolute atomic E-state index is 0.139. The van der Waals surface area contributed by atoms with Gasteiger partial charge >= 0.3 is 5.97 Å². The average Bonchev–Trinajstić information content (AvgIpc) is 2.31. The van der Waals surface area contributed by atoms with Crippen molar-refractivity contribution in [3.05, 3.63) is 0 Å². The Bertz CT molecular complexity index is 372. The molecule has 116 valence electrons. The first kappa shape index (κ1) is 16.9. The lowest BCUT2D eigenvalue weighted by Crippen LogP contribution is -2.58.